The van der Waals surface area contributed by atoms with Crippen LogP contribution in [0.1, 0.15) is 44.9 Å². The van der Waals surface area contributed by atoms with Crippen LogP contribution in [0.25, 0.3) is 0 Å². The lowest BCUT2D eigenvalue weighted by atomic mass is 9.93. The summed E-state index contributed by atoms with van der Waals surface area (Å²) in [6.07, 6.45) is 4.35. The van der Waals surface area contributed by atoms with E-state index in [1.165, 1.54) is 31.5 Å². The second-order valence-electron chi connectivity index (χ2n) is 6.22. The van der Waals surface area contributed by atoms with Crippen molar-refractivity contribution in [3.05, 3.63) is 23.7 Å². The molecule has 0 aromatic carbocycles. The molecule has 1 N–H and O–H groups in total. The van der Waals surface area contributed by atoms with Gasteiger partial charge in [0.15, 0.2) is 0 Å². The highest BCUT2D eigenvalue weighted by Crippen LogP contribution is 2.29. The molecular weight excluding hydrogens is 224 g/mol. The number of likely N-dealkylation sites (tertiary alicyclic amines) is 1. The monoisotopic (exact) mass is 250 g/mol. The summed E-state index contributed by atoms with van der Waals surface area (Å²) in [5.41, 5.74) is 1.73. The maximum absolute atomic E-state index is 5.64. The number of nitrogens with one attached hydrogen (secondary N) is 1. The molecule has 1 aromatic heterocycles. The van der Waals surface area contributed by atoms with Crippen molar-refractivity contribution in [3.63, 3.8) is 0 Å². The van der Waals surface area contributed by atoms with Gasteiger partial charge in [0.2, 0.25) is 0 Å². The van der Waals surface area contributed by atoms with Gasteiger partial charge < -0.3 is 9.73 Å². The van der Waals surface area contributed by atoms with Crippen molar-refractivity contribution in [2.75, 3.05) is 19.6 Å². The van der Waals surface area contributed by atoms with Crippen LogP contribution in [0.15, 0.2) is 16.7 Å². The van der Waals surface area contributed by atoms with E-state index in [9.17, 15) is 0 Å². The fourth-order valence-corrected chi connectivity index (χ4v) is 2.59. The number of rotatable bonds is 6. The van der Waals surface area contributed by atoms with Crippen molar-refractivity contribution in [3.8, 4) is 0 Å². The standard InChI is InChI=1S/C15H26N2O/c1-4-6-16-9-13-8-14(18-11-13)10-17-7-5-15(2,3)12-17/h8,11,16H,4-7,9-10,12H2,1-3H3. The molecule has 0 saturated carbocycles. The van der Waals surface area contributed by atoms with E-state index in [-0.39, 0.29) is 0 Å². The fraction of sp³-hybridized carbons (Fsp3) is 0.733. The van der Waals surface area contributed by atoms with Gasteiger partial charge in [-0.15, -0.1) is 0 Å². The van der Waals surface area contributed by atoms with Crippen molar-refractivity contribution in [1.82, 2.24) is 10.2 Å². The first-order chi connectivity index (χ1) is 8.59. The number of hydrogen-bond acceptors (Lipinski definition) is 3. The fourth-order valence-electron chi connectivity index (χ4n) is 2.59. The van der Waals surface area contributed by atoms with Crippen LogP contribution >= 0.6 is 0 Å². The molecule has 3 heteroatoms. The van der Waals surface area contributed by atoms with Crippen LogP contribution in [0.5, 0.6) is 0 Å². The van der Waals surface area contributed by atoms with Gasteiger partial charge in [-0.2, -0.15) is 0 Å². The Balaban J connectivity index is 1.80. The van der Waals surface area contributed by atoms with Crippen LogP contribution in [-0.4, -0.2) is 24.5 Å². The van der Waals surface area contributed by atoms with Gasteiger partial charge in [0, 0.05) is 18.7 Å². The highest BCUT2D eigenvalue weighted by Gasteiger charge is 2.29. The van der Waals surface area contributed by atoms with Gasteiger partial charge in [-0.1, -0.05) is 20.8 Å². The third-order valence-corrected chi connectivity index (χ3v) is 3.60. The van der Waals surface area contributed by atoms with Crippen LogP contribution in [-0.2, 0) is 13.1 Å². The van der Waals surface area contributed by atoms with Gasteiger partial charge >= 0.3 is 0 Å². The zero-order valence-electron chi connectivity index (χ0n) is 12.0. The van der Waals surface area contributed by atoms with Gasteiger partial charge in [-0.05, 0) is 37.4 Å². The minimum absolute atomic E-state index is 0.470. The Morgan fingerprint density at radius 1 is 1.44 bits per heavy atom. The third kappa shape index (κ3) is 3.85. The molecule has 0 atom stereocenters. The lowest BCUT2D eigenvalue weighted by Crippen LogP contribution is -2.22. The van der Waals surface area contributed by atoms with E-state index >= 15 is 0 Å². The summed E-state index contributed by atoms with van der Waals surface area (Å²) in [4.78, 5) is 2.49. The van der Waals surface area contributed by atoms with Crippen LogP contribution in [0.4, 0.5) is 0 Å². The van der Waals surface area contributed by atoms with Crippen LogP contribution in [0, 0.1) is 5.41 Å². The lowest BCUT2D eigenvalue weighted by molar-refractivity contribution is 0.263. The molecule has 0 amide bonds. The second kappa shape index (κ2) is 5.89. The Hall–Kier alpha value is -0.800. The highest BCUT2D eigenvalue weighted by molar-refractivity contribution is 5.12. The molecule has 3 nitrogen and oxygen atoms in total. The average molecular weight is 250 g/mol. The Morgan fingerprint density at radius 2 is 2.28 bits per heavy atom. The van der Waals surface area contributed by atoms with Crippen LogP contribution in [0.2, 0.25) is 0 Å². The van der Waals surface area contributed by atoms with E-state index in [1.807, 2.05) is 6.26 Å². The normalized spacial score (nSPS) is 19.5. The molecule has 2 rings (SSSR count). The molecule has 0 radical (unpaired) electrons. The van der Waals surface area contributed by atoms with Crippen LogP contribution in [0.3, 0.4) is 0 Å². The van der Waals surface area contributed by atoms with Crippen molar-refractivity contribution < 1.29 is 4.42 Å². The predicted octanol–water partition coefficient (Wildman–Crippen LogP) is 3.01. The van der Waals surface area contributed by atoms with Crippen molar-refractivity contribution in [2.45, 2.75) is 46.7 Å². The van der Waals surface area contributed by atoms with Crippen molar-refractivity contribution >= 4 is 0 Å². The number of furan rings is 1. The molecule has 0 spiro atoms. The SMILES string of the molecule is CCCNCc1coc(CN2CCC(C)(C)C2)c1. The Morgan fingerprint density at radius 3 is 2.94 bits per heavy atom. The molecule has 102 valence electrons. The van der Waals surface area contributed by atoms with Gasteiger partial charge in [-0.3, -0.25) is 4.90 Å². The quantitative estimate of drug-likeness (QED) is 0.787. The number of hydrogen-bond donors (Lipinski definition) is 1. The third-order valence-electron chi connectivity index (χ3n) is 3.60. The summed E-state index contributed by atoms with van der Waals surface area (Å²) in [5, 5.41) is 3.40. The molecule has 1 aromatic rings. The second-order valence-corrected chi connectivity index (χ2v) is 6.22. The summed E-state index contributed by atoms with van der Waals surface area (Å²) < 4.78 is 5.64. The predicted molar refractivity (Wildman–Crippen MR) is 74.4 cm³/mol. The minimum Gasteiger partial charge on any atom is -0.468 e. The number of nitrogens with zero attached hydrogens (tertiary/aromatic N) is 1. The smallest absolute Gasteiger partial charge is 0.118 e. The Kier molecular flexibility index (Phi) is 4.46. The maximum atomic E-state index is 5.64. The van der Waals surface area contributed by atoms with E-state index in [1.54, 1.807) is 0 Å². The van der Waals surface area contributed by atoms with E-state index in [0.717, 1.165) is 25.4 Å². The maximum Gasteiger partial charge on any atom is 0.118 e. The van der Waals surface area contributed by atoms with E-state index < -0.39 is 0 Å². The zero-order chi connectivity index (χ0) is 13.0. The zero-order valence-corrected chi connectivity index (χ0v) is 12.0. The van der Waals surface area contributed by atoms with Gasteiger partial charge in [0.25, 0.3) is 0 Å². The molecule has 2 heterocycles. The van der Waals surface area contributed by atoms with E-state index in [2.05, 4.69) is 37.1 Å². The van der Waals surface area contributed by atoms with E-state index in [4.69, 9.17) is 4.42 Å². The van der Waals surface area contributed by atoms with Crippen molar-refractivity contribution in [1.29, 1.82) is 0 Å². The Labute approximate surface area is 111 Å². The summed E-state index contributed by atoms with van der Waals surface area (Å²) in [5.74, 6) is 1.10. The Bertz CT molecular complexity index is 370. The molecular formula is C15H26N2O. The largest absolute Gasteiger partial charge is 0.468 e. The molecule has 1 aliphatic rings. The summed E-state index contributed by atoms with van der Waals surface area (Å²) in [6, 6.07) is 2.19. The minimum atomic E-state index is 0.470. The van der Waals surface area contributed by atoms with E-state index in [0.29, 0.717) is 5.41 Å². The first-order valence-electron chi connectivity index (χ1n) is 7.08. The molecule has 1 saturated heterocycles. The average Bonchev–Trinajstić information content (AvgIpc) is 2.87. The first-order valence-corrected chi connectivity index (χ1v) is 7.08. The van der Waals surface area contributed by atoms with Gasteiger partial charge in [0.05, 0.1) is 12.8 Å². The summed E-state index contributed by atoms with van der Waals surface area (Å²) >= 11 is 0. The molecule has 0 unspecified atom stereocenters. The summed E-state index contributed by atoms with van der Waals surface area (Å²) in [6.45, 7) is 12.2. The summed E-state index contributed by atoms with van der Waals surface area (Å²) in [7, 11) is 0. The highest BCUT2D eigenvalue weighted by atomic mass is 16.3. The van der Waals surface area contributed by atoms with Crippen molar-refractivity contribution in [2.24, 2.45) is 5.41 Å². The van der Waals surface area contributed by atoms with Crippen LogP contribution < -0.4 is 5.32 Å². The van der Waals surface area contributed by atoms with Gasteiger partial charge in [-0.25, -0.2) is 0 Å². The first kappa shape index (κ1) is 13.6. The lowest BCUT2D eigenvalue weighted by Gasteiger charge is -2.18. The van der Waals surface area contributed by atoms with Gasteiger partial charge in [0.1, 0.15) is 5.76 Å². The molecule has 18 heavy (non-hydrogen) atoms. The topological polar surface area (TPSA) is 28.4 Å². The molecule has 1 fully saturated rings. The molecule has 0 bridgehead atoms. The molecule has 1 aliphatic heterocycles. The molecule has 0 aliphatic carbocycles.